The van der Waals surface area contributed by atoms with Gasteiger partial charge in [-0.3, -0.25) is 0 Å². The van der Waals surface area contributed by atoms with E-state index >= 15 is 0 Å². The summed E-state index contributed by atoms with van der Waals surface area (Å²) in [5.74, 6) is 0.305. The summed E-state index contributed by atoms with van der Waals surface area (Å²) >= 11 is -1.23. The van der Waals surface area contributed by atoms with Crippen LogP contribution in [0.3, 0.4) is 0 Å². The van der Waals surface area contributed by atoms with Gasteiger partial charge in [0.25, 0.3) is 0 Å². The Morgan fingerprint density at radius 3 is 2.78 bits per heavy atom. The van der Waals surface area contributed by atoms with Crippen molar-refractivity contribution in [1.29, 1.82) is 0 Å². The fourth-order valence-corrected chi connectivity index (χ4v) is 5.09. The zero-order chi connectivity index (χ0) is 19.2. The third-order valence-electron chi connectivity index (χ3n) is 5.83. The van der Waals surface area contributed by atoms with Gasteiger partial charge in [-0.25, -0.2) is 4.79 Å². The van der Waals surface area contributed by atoms with Crippen LogP contribution in [-0.2, 0) is 17.8 Å². The first-order chi connectivity index (χ1) is 12.7. The van der Waals surface area contributed by atoms with Crippen molar-refractivity contribution in [2.45, 2.75) is 51.2 Å². The first-order valence-electron chi connectivity index (χ1n) is 9.65. The Balaban J connectivity index is 1.62. The van der Waals surface area contributed by atoms with E-state index in [-0.39, 0.29) is 15.9 Å². The molecule has 4 rings (SSSR count). The van der Waals surface area contributed by atoms with Crippen molar-refractivity contribution in [3.05, 3.63) is 34.2 Å². The minimum Gasteiger partial charge on any atom is -0.591 e. The highest BCUT2D eigenvalue weighted by Gasteiger charge is 2.46. The van der Waals surface area contributed by atoms with E-state index in [4.69, 9.17) is 4.40 Å². The van der Waals surface area contributed by atoms with Gasteiger partial charge in [0.2, 0.25) is 0 Å². The van der Waals surface area contributed by atoms with Gasteiger partial charge >= 0.3 is 5.69 Å². The summed E-state index contributed by atoms with van der Waals surface area (Å²) in [6.45, 7) is 7.99. The standard InChI is InChI=1S/C20H28N4O2S/c1-19(2,3)27(26)24-17-11-20(6-7-21-12-20)10-14(17)8-13-4-5-15-16(9-13)23-18(25)22-15/h4-5,9,14,21H,6-8,10-12H2,1-3H3,(H2,22,23,25)/b24-17+. The van der Waals surface area contributed by atoms with Crippen LogP contribution in [0.4, 0.5) is 0 Å². The molecule has 2 aliphatic rings. The molecule has 1 aromatic carbocycles. The van der Waals surface area contributed by atoms with Gasteiger partial charge in [0.05, 0.1) is 16.7 Å². The molecule has 1 aliphatic heterocycles. The summed E-state index contributed by atoms with van der Waals surface area (Å²) in [5.41, 5.74) is 4.04. The maximum atomic E-state index is 12.7. The maximum Gasteiger partial charge on any atom is 0.323 e. The topological polar surface area (TPSA) is 96.1 Å². The molecule has 2 aromatic rings. The highest BCUT2D eigenvalue weighted by atomic mass is 32.2. The van der Waals surface area contributed by atoms with Crippen LogP contribution in [0.25, 0.3) is 11.0 Å². The molecule has 1 saturated carbocycles. The molecule has 3 unspecified atom stereocenters. The van der Waals surface area contributed by atoms with Gasteiger partial charge in [0, 0.05) is 12.5 Å². The van der Waals surface area contributed by atoms with E-state index in [1.54, 1.807) is 0 Å². The molecule has 1 saturated heterocycles. The second-order valence-electron chi connectivity index (χ2n) is 9.11. The lowest BCUT2D eigenvalue weighted by Gasteiger charge is -2.20. The van der Waals surface area contributed by atoms with Gasteiger partial charge in [-0.2, -0.15) is 0 Å². The van der Waals surface area contributed by atoms with E-state index in [9.17, 15) is 9.35 Å². The monoisotopic (exact) mass is 388 g/mol. The summed E-state index contributed by atoms with van der Waals surface area (Å²) in [7, 11) is 0. The molecule has 0 amide bonds. The molecule has 2 fully saturated rings. The van der Waals surface area contributed by atoms with Crippen molar-refractivity contribution in [2.24, 2.45) is 15.7 Å². The summed E-state index contributed by atoms with van der Waals surface area (Å²) in [5, 5.41) is 3.50. The summed E-state index contributed by atoms with van der Waals surface area (Å²) in [6.07, 6.45) is 4.05. The van der Waals surface area contributed by atoms with Crippen LogP contribution in [0, 0.1) is 11.3 Å². The smallest absolute Gasteiger partial charge is 0.323 e. The maximum absolute atomic E-state index is 12.7. The number of nitrogens with one attached hydrogen (secondary N) is 3. The van der Waals surface area contributed by atoms with Gasteiger partial charge in [0.1, 0.15) is 16.1 Å². The van der Waals surface area contributed by atoms with Gasteiger partial charge in [-0.15, -0.1) is 0 Å². The predicted octanol–water partition coefficient (Wildman–Crippen LogP) is 2.69. The molecule has 1 aromatic heterocycles. The molecule has 1 spiro atoms. The van der Waals surface area contributed by atoms with Crippen LogP contribution in [0.1, 0.15) is 45.6 Å². The van der Waals surface area contributed by atoms with Crippen molar-refractivity contribution >= 4 is 28.1 Å². The Bertz CT molecular complexity index is 918. The number of rotatable bonds is 3. The van der Waals surface area contributed by atoms with E-state index in [1.807, 2.05) is 32.9 Å². The van der Waals surface area contributed by atoms with Crippen molar-refractivity contribution in [1.82, 2.24) is 15.3 Å². The summed E-state index contributed by atoms with van der Waals surface area (Å²) < 4.78 is 17.0. The number of H-pyrrole nitrogens is 2. The molecule has 0 radical (unpaired) electrons. The average Bonchev–Trinajstić information content (AvgIpc) is 3.26. The molecule has 3 atom stereocenters. The minimum atomic E-state index is -1.23. The van der Waals surface area contributed by atoms with Crippen LogP contribution in [0.2, 0.25) is 0 Å². The number of hydrogen-bond donors (Lipinski definition) is 3. The molecule has 27 heavy (non-hydrogen) atoms. The van der Waals surface area contributed by atoms with Gasteiger partial charge < -0.3 is 19.8 Å². The second-order valence-corrected chi connectivity index (χ2v) is 11.0. The Kier molecular flexibility index (Phi) is 4.72. The molecule has 0 bridgehead atoms. The first-order valence-corrected chi connectivity index (χ1v) is 10.8. The number of benzene rings is 1. The molecule has 146 valence electrons. The minimum absolute atomic E-state index is 0.179. The third-order valence-corrected chi connectivity index (χ3v) is 7.27. The highest BCUT2D eigenvalue weighted by Crippen LogP contribution is 2.46. The summed E-state index contributed by atoms with van der Waals surface area (Å²) in [6, 6.07) is 6.07. The second kappa shape index (κ2) is 6.79. The number of fused-ring (bicyclic) bond motifs is 1. The third kappa shape index (κ3) is 3.86. The number of aromatic amines is 2. The first kappa shape index (κ1) is 18.8. The quantitative estimate of drug-likeness (QED) is 0.705. The average molecular weight is 389 g/mol. The van der Waals surface area contributed by atoms with Crippen molar-refractivity contribution in [3.63, 3.8) is 0 Å². The van der Waals surface area contributed by atoms with Crippen LogP contribution in [0.5, 0.6) is 0 Å². The number of aromatic nitrogens is 2. The van der Waals surface area contributed by atoms with Crippen molar-refractivity contribution < 1.29 is 4.55 Å². The Hall–Kier alpha value is -1.57. The highest BCUT2D eigenvalue weighted by molar-refractivity contribution is 7.91. The molecule has 2 heterocycles. The Labute approximate surface area is 162 Å². The number of hydrogen-bond acceptors (Lipinski definition) is 4. The van der Waals surface area contributed by atoms with E-state index in [1.165, 1.54) is 5.56 Å². The van der Waals surface area contributed by atoms with Crippen LogP contribution >= 0.6 is 0 Å². The SMILES string of the molecule is CC(C)(C)[S+]([O-])/N=C1\CC2(CCNC2)CC1Cc1ccc2[nH]c(=O)[nH]c2c1. The molecule has 6 nitrogen and oxygen atoms in total. The van der Waals surface area contributed by atoms with E-state index in [2.05, 4.69) is 21.4 Å². The van der Waals surface area contributed by atoms with Crippen LogP contribution in [-0.4, -0.2) is 38.1 Å². The number of nitrogens with zero attached hydrogens (tertiary/aromatic N) is 1. The summed E-state index contributed by atoms with van der Waals surface area (Å²) in [4.78, 5) is 17.1. The van der Waals surface area contributed by atoms with Gasteiger partial charge in [-0.05, 0) is 76.1 Å². The molecule has 1 aliphatic carbocycles. The lowest BCUT2D eigenvalue weighted by Crippen LogP contribution is -2.27. The van der Waals surface area contributed by atoms with Gasteiger partial charge in [0.15, 0.2) is 0 Å². The normalized spacial score (nSPS) is 28.6. The molecule has 7 heteroatoms. The van der Waals surface area contributed by atoms with Crippen LogP contribution < -0.4 is 11.0 Å². The fourth-order valence-electron chi connectivity index (χ4n) is 4.39. The van der Waals surface area contributed by atoms with E-state index in [0.29, 0.717) is 5.92 Å². The largest absolute Gasteiger partial charge is 0.591 e. The van der Waals surface area contributed by atoms with E-state index < -0.39 is 11.4 Å². The lowest BCUT2D eigenvalue weighted by molar-refractivity contribution is 0.320. The lowest BCUT2D eigenvalue weighted by atomic mass is 9.84. The Morgan fingerprint density at radius 2 is 2.07 bits per heavy atom. The van der Waals surface area contributed by atoms with Gasteiger partial charge in [-0.1, -0.05) is 10.5 Å². The Morgan fingerprint density at radius 1 is 1.30 bits per heavy atom. The molecular weight excluding hydrogens is 360 g/mol. The van der Waals surface area contributed by atoms with Crippen LogP contribution in [0.15, 0.2) is 27.4 Å². The van der Waals surface area contributed by atoms with Crippen molar-refractivity contribution in [2.75, 3.05) is 13.1 Å². The predicted molar refractivity (Wildman–Crippen MR) is 111 cm³/mol. The fraction of sp³-hybridized carbons (Fsp3) is 0.600. The number of imidazole rings is 1. The van der Waals surface area contributed by atoms with E-state index in [0.717, 1.165) is 55.5 Å². The zero-order valence-corrected chi connectivity index (χ0v) is 17.0. The molecule has 3 N–H and O–H groups in total. The zero-order valence-electron chi connectivity index (χ0n) is 16.2. The molecular formula is C20H28N4O2S. The van der Waals surface area contributed by atoms with Crippen molar-refractivity contribution in [3.8, 4) is 0 Å².